The van der Waals surface area contributed by atoms with Gasteiger partial charge in [0.2, 0.25) is 5.88 Å². The number of nitrogens with zero attached hydrogens (tertiary/aromatic N) is 2. The number of fused-ring (bicyclic) bond motifs is 1. The standard InChI is InChI=1S/C16H14ClN3O/c1-10-16(20-15-5-3-2-4-14(15)19-10)21-12-7-6-11(9-18)13(17)8-12/h2-8H,9,18H2,1H3. The molecule has 0 saturated carbocycles. The Bertz CT molecular complexity index is 805. The van der Waals surface area contributed by atoms with E-state index in [1.807, 2.05) is 43.3 Å². The topological polar surface area (TPSA) is 61.0 Å². The normalized spacial score (nSPS) is 10.8. The lowest BCUT2D eigenvalue weighted by Gasteiger charge is -2.09. The SMILES string of the molecule is Cc1nc2ccccc2nc1Oc1ccc(CN)c(Cl)c1. The zero-order valence-electron chi connectivity index (χ0n) is 11.5. The second-order valence-corrected chi connectivity index (χ2v) is 5.07. The number of rotatable bonds is 3. The fourth-order valence-electron chi connectivity index (χ4n) is 2.04. The second kappa shape index (κ2) is 5.68. The van der Waals surface area contributed by atoms with Crippen molar-refractivity contribution in [2.45, 2.75) is 13.5 Å². The summed E-state index contributed by atoms with van der Waals surface area (Å²) in [4.78, 5) is 8.98. The largest absolute Gasteiger partial charge is 0.437 e. The van der Waals surface area contributed by atoms with E-state index >= 15 is 0 Å². The van der Waals surface area contributed by atoms with Gasteiger partial charge in [0, 0.05) is 11.6 Å². The van der Waals surface area contributed by atoms with Gasteiger partial charge in [-0.05, 0) is 36.8 Å². The van der Waals surface area contributed by atoms with Crippen LogP contribution in [0.4, 0.5) is 0 Å². The third kappa shape index (κ3) is 2.82. The van der Waals surface area contributed by atoms with Gasteiger partial charge in [-0.3, -0.25) is 0 Å². The van der Waals surface area contributed by atoms with Crippen LogP contribution in [0, 0.1) is 6.92 Å². The summed E-state index contributed by atoms with van der Waals surface area (Å²) in [5.41, 5.74) is 8.84. The summed E-state index contributed by atoms with van der Waals surface area (Å²) in [5, 5.41) is 0.585. The molecule has 2 N–H and O–H groups in total. The molecule has 1 heterocycles. The Labute approximate surface area is 127 Å². The summed E-state index contributed by atoms with van der Waals surface area (Å²) < 4.78 is 5.80. The van der Waals surface area contributed by atoms with Crippen LogP contribution < -0.4 is 10.5 Å². The van der Waals surface area contributed by atoms with Crippen LogP contribution in [0.1, 0.15) is 11.3 Å². The van der Waals surface area contributed by atoms with Gasteiger partial charge >= 0.3 is 0 Å². The molecular weight excluding hydrogens is 286 g/mol. The van der Waals surface area contributed by atoms with Crippen molar-refractivity contribution < 1.29 is 4.74 Å². The van der Waals surface area contributed by atoms with Crippen LogP contribution >= 0.6 is 11.6 Å². The van der Waals surface area contributed by atoms with Crippen LogP contribution in [0.2, 0.25) is 5.02 Å². The maximum atomic E-state index is 6.13. The molecule has 21 heavy (non-hydrogen) atoms. The first-order valence-corrected chi connectivity index (χ1v) is 6.95. The van der Waals surface area contributed by atoms with Crippen LogP contribution in [0.25, 0.3) is 11.0 Å². The van der Waals surface area contributed by atoms with Gasteiger partial charge in [0.1, 0.15) is 11.4 Å². The van der Waals surface area contributed by atoms with Gasteiger partial charge in [0.25, 0.3) is 0 Å². The predicted molar refractivity (Wildman–Crippen MR) is 83.7 cm³/mol. The lowest BCUT2D eigenvalue weighted by molar-refractivity contribution is 0.458. The van der Waals surface area contributed by atoms with E-state index in [-0.39, 0.29) is 0 Å². The highest BCUT2D eigenvalue weighted by atomic mass is 35.5. The van der Waals surface area contributed by atoms with Gasteiger partial charge in [-0.2, -0.15) is 0 Å². The number of nitrogens with two attached hydrogens (primary N) is 1. The smallest absolute Gasteiger partial charge is 0.241 e. The van der Waals surface area contributed by atoms with E-state index in [0.717, 1.165) is 22.3 Å². The van der Waals surface area contributed by atoms with E-state index in [1.54, 1.807) is 6.07 Å². The number of aromatic nitrogens is 2. The van der Waals surface area contributed by atoms with Crippen LogP contribution in [-0.2, 0) is 6.54 Å². The zero-order valence-corrected chi connectivity index (χ0v) is 12.3. The minimum absolute atomic E-state index is 0.397. The molecule has 0 radical (unpaired) electrons. The van der Waals surface area contributed by atoms with Gasteiger partial charge < -0.3 is 10.5 Å². The molecule has 2 aromatic carbocycles. The molecule has 106 valence electrons. The van der Waals surface area contributed by atoms with Crippen molar-refractivity contribution in [1.82, 2.24) is 9.97 Å². The fourth-order valence-corrected chi connectivity index (χ4v) is 2.29. The summed E-state index contributed by atoms with van der Waals surface area (Å²) >= 11 is 6.13. The molecule has 0 spiro atoms. The van der Waals surface area contributed by atoms with E-state index in [0.29, 0.717) is 23.2 Å². The monoisotopic (exact) mass is 299 g/mol. The van der Waals surface area contributed by atoms with Crippen molar-refractivity contribution in [3.63, 3.8) is 0 Å². The Hall–Kier alpha value is -2.17. The summed E-state index contributed by atoms with van der Waals surface area (Å²) in [5.74, 6) is 1.09. The van der Waals surface area contributed by atoms with Gasteiger partial charge in [0.15, 0.2) is 0 Å². The van der Waals surface area contributed by atoms with Gasteiger partial charge in [0.05, 0.1) is 11.0 Å². The molecule has 0 aliphatic carbocycles. The quantitative estimate of drug-likeness (QED) is 0.798. The molecule has 3 rings (SSSR count). The van der Waals surface area contributed by atoms with E-state index in [2.05, 4.69) is 9.97 Å². The Morgan fingerprint density at radius 2 is 1.81 bits per heavy atom. The van der Waals surface area contributed by atoms with E-state index in [4.69, 9.17) is 22.1 Å². The maximum Gasteiger partial charge on any atom is 0.241 e. The first-order chi connectivity index (χ1) is 10.2. The van der Waals surface area contributed by atoms with Crippen molar-refractivity contribution in [1.29, 1.82) is 0 Å². The molecular formula is C16H14ClN3O. The highest BCUT2D eigenvalue weighted by Gasteiger charge is 2.08. The molecule has 0 unspecified atom stereocenters. The number of halogens is 1. The molecule has 5 heteroatoms. The summed E-state index contributed by atoms with van der Waals surface area (Å²) in [6.45, 7) is 2.26. The molecule has 0 bridgehead atoms. The average Bonchev–Trinajstić information content (AvgIpc) is 2.48. The van der Waals surface area contributed by atoms with E-state index < -0.39 is 0 Å². The minimum Gasteiger partial charge on any atom is -0.437 e. The third-order valence-electron chi connectivity index (χ3n) is 3.16. The number of aryl methyl sites for hydroxylation is 1. The zero-order chi connectivity index (χ0) is 14.8. The number of hydrogen-bond acceptors (Lipinski definition) is 4. The van der Waals surface area contributed by atoms with Crippen molar-refractivity contribution in [3.8, 4) is 11.6 Å². The Morgan fingerprint density at radius 3 is 2.48 bits per heavy atom. The predicted octanol–water partition coefficient (Wildman–Crippen LogP) is 3.84. The van der Waals surface area contributed by atoms with E-state index in [1.165, 1.54) is 0 Å². The number of benzene rings is 2. The Balaban J connectivity index is 1.97. The molecule has 0 fully saturated rings. The Morgan fingerprint density at radius 1 is 1.10 bits per heavy atom. The van der Waals surface area contributed by atoms with Crippen molar-refractivity contribution >= 4 is 22.6 Å². The first-order valence-electron chi connectivity index (χ1n) is 6.57. The van der Waals surface area contributed by atoms with E-state index in [9.17, 15) is 0 Å². The van der Waals surface area contributed by atoms with Crippen molar-refractivity contribution in [3.05, 3.63) is 58.7 Å². The molecule has 0 aliphatic heterocycles. The number of hydrogen-bond donors (Lipinski definition) is 1. The maximum absolute atomic E-state index is 6.13. The molecule has 0 saturated heterocycles. The second-order valence-electron chi connectivity index (χ2n) is 4.66. The molecule has 0 atom stereocenters. The molecule has 0 aliphatic rings. The lowest BCUT2D eigenvalue weighted by Crippen LogP contribution is -1.98. The highest BCUT2D eigenvalue weighted by Crippen LogP contribution is 2.28. The molecule has 1 aromatic heterocycles. The summed E-state index contributed by atoms with van der Waals surface area (Å²) in [7, 11) is 0. The van der Waals surface area contributed by atoms with Crippen LogP contribution in [-0.4, -0.2) is 9.97 Å². The highest BCUT2D eigenvalue weighted by molar-refractivity contribution is 6.31. The summed E-state index contributed by atoms with van der Waals surface area (Å²) in [6, 6.07) is 13.1. The van der Waals surface area contributed by atoms with Crippen molar-refractivity contribution in [2.75, 3.05) is 0 Å². The van der Waals surface area contributed by atoms with Crippen LogP contribution in [0.15, 0.2) is 42.5 Å². The lowest BCUT2D eigenvalue weighted by atomic mass is 10.2. The minimum atomic E-state index is 0.397. The van der Waals surface area contributed by atoms with Gasteiger partial charge in [-0.15, -0.1) is 0 Å². The molecule has 3 aromatic rings. The van der Waals surface area contributed by atoms with Crippen LogP contribution in [0.5, 0.6) is 11.6 Å². The number of para-hydroxylation sites is 2. The third-order valence-corrected chi connectivity index (χ3v) is 3.51. The molecule has 4 nitrogen and oxygen atoms in total. The first kappa shape index (κ1) is 13.8. The fraction of sp³-hybridized carbons (Fsp3) is 0.125. The Kier molecular flexibility index (Phi) is 3.73. The molecule has 0 amide bonds. The van der Waals surface area contributed by atoms with Gasteiger partial charge in [-0.25, -0.2) is 9.97 Å². The van der Waals surface area contributed by atoms with Gasteiger partial charge in [-0.1, -0.05) is 29.8 Å². The van der Waals surface area contributed by atoms with Crippen LogP contribution in [0.3, 0.4) is 0 Å². The average molecular weight is 300 g/mol. The summed E-state index contributed by atoms with van der Waals surface area (Å²) in [6.07, 6.45) is 0. The van der Waals surface area contributed by atoms with Crippen molar-refractivity contribution in [2.24, 2.45) is 5.73 Å². The number of ether oxygens (including phenoxy) is 1.